The standard InChI is InChI=1S/C13H9F3N4O/c1-7-4-9(14)10(5-8(7)11(21)2-3-17)20-6-18-13(19-20)12(15)16/h4-6,12H,2H2,1H3. The molecule has 1 aromatic carbocycles. The summed E-state index contributed by atoms with van der Waals surface area (Å²) in [7, 11) is 0. The molecule has 0 saturated heterocycles. The quantitative estimate of drug-likeness (QED) is 0.813. The monoisotopic (exact) mass is 294 g/mol. The first-order valence-corrected chi connectivity index (χ1v) is 5.84. The highest BCUT2D eigenvalue weighted by Crippen LogP contribution is 2.21. The molecule has 0 aliphatic heterocycles. The van der Waals surface area contributed by atoms with Crippen LogP contribution in [0.5, 0.6) is 0 Å². The topological polar surface area (TPSA) is 71.6 Å². The second kappa shape index (κ2) is 5.75. The molecule has 0 fully saturated rings. The number of aryl methyl sites for hydroxylation is 1. The minimum Gasteiger partial charge on any atom is -0.293 e. The fourth-order valence-corrected chi connectivity index (χ4v) is 1.80. The molecule has 1 heterocycles. The number of aromatic nitrogens is 3. The van der Waals surface area contributed by atoms with Crippen LogP contribution in [0.25, 0.3) is 5.69 Å². The molecule has 5 nitrogen and oxygen atoms in total. The van der Waals surface area contributed by atoms with E-state index in [0.29, 0.717) is 5.56 Å². The largest absolute Gasteiger partial charge is 0.299 e. The Hall–Kier alpha value is -2.69. The number of hydrogen-bond acceptors (Lipinski definition) is 4. The van der Waals surface area contributed by atoms with E-state index in [1.807, 2.05) is 0 Å². The van der Waals surface area contributed by atoms with Crippen LogP contribution in [0.15, 0.2) is 18.5 Å². The lowest BCUT2D eigenvalue weighted by Crippen LogP contribution is -2.06. The van der Waals surface area contributed by atoms with Gasteiger partial charge in [-0.1, -0.05) is 0 Å². The van der Waals surface area contributed by atoms with Crippen LogP contribution in [0, 0.1) is 24.1 Å². The van der Waals surface area contributed by atoms with Gasteiger partial charge in [0.05, 0.1) is 12.5 Å². The van der Waals surface area contributed by atoms with Crippen molar-refractivity contribution in [2.45, 2.75) is 19.8 Å². The zero-order valence-electron chi connectivity index (χ0n) is 10.8. The molecule has 0 aliphatic rings. The Morgan fingerprint density at radius 2 is 2.19 bits per heavy atom. The lowest BCUT2D eigenvalue weighted by atomic mass is 10.0. The molecule has 2 rings (SSSR count). The van der Waals surface area contributed by atoms with Crippen LogP contribution in [-0.4, -0.2) is 20.5 Å². The van der Waals surface area contributed by atoms with Gasteiger partial charge in [0.15, 0.2) is 5.78 Å². The van der Waals surface area contributed by atoms with Crippen LogP contribution in [0.4, 0.5) is 13.2 Å². The molecule has 21 heavy (non-hydrogen) atoms. The predicted molar refractivity (Wildman–Crippen MR) is 65.6 cm³/mol. The summed E-state index contributed by atoms with van der Waals surface area (Å²) in [6.07, 6.45) is -2.29. The molecule has 0 atom stereocenters. The van der Waals surface area contributed by atoms with Gasteiger partial charge in [-0.25, -0.2) is 22.8 Å². The first kappa shape index (κ1) is 14.7. The summed E-state index contributed by atoms with van der Waals surface area (Å²) in [4.78, 5) is 15.1. The van der Waals surface area contributed by atoms with Crippen molar-refractivity contribution in [2.24, 2.45) is 0 Å². The van der Waals surface area contributed by atoms with Gasteiger partial charge < -0.3 is 0 Å². The van der Waals surface area contributed by atoms with E-state index in [1.54, 1.807) is 6.07 Å². The predicted octanol–water partition coefficient (Wildman–Crippen LogP) is 2.75. The minimum absolute atomic E-state index is 0.141. The van der Waals surface area contributed by atoms with E-state index in [9.17, 15) is 18.0 Å². The second-order valence-electron chi connectivity index (χ2n) is 4.22. The molecule has 0 N–H and O–H groups in total. The van der Waals surface area contributed by atoms with Gasteiger partial charge >= 0.3 is 0 Å². The van der Waals surface area contributed by atoms with Gasteiger partial charge in [0.1, 0.15) is 17.8 Å². The van der Waals surface area contributed by atoms with Gasteiger partial charge in [0, 0.05) is 5.56 Å². The van der Waals surface area contributed by atoms with Crippen molar-refractivity contribution in [3.05, 3.63) is 41.2 Å². The maximum absolute atomic E-state index is 13.9. The van der Waals surface area contributed by atoms with E-state index in [0.717, 1.165) is 17.1 Å². The average molecular weight is 294 g/mol. The van der Waals surface area contributed by atoms with Gasteiger partial charge in [-0.2, -0.15) is 5.26 Å². The molecule has 8 heteroatoms. The van der Waals surface area contributed by atoms with Crippen molar-refractivity contribution in [3.63, 3.8) is 0 Å². The van der Waals surface area contributed by atoms with E-state index in [-0.39, 0.29) is 17.7 Å². The number of halogens is 3. The van der Waals surface area contributed by atoms with E-state index in [2.05, 4.69) is 10.1 Å². The molecule has 0 radical (unpaired) electrons. The third-order valence-electron chi connectivity index (χ3n) is 2.79. The van der Waals surface area contributed by atoms with Crippen molar-refractivity contribution < 1.29 is 18.0 Å². The normalized spacial score (nSPS) is 10.7. The highest BCUT2D eigenvalue weighted by molar-refractivity contribution is 5.99. The van der Waals surface area contributed by atoms with Crippen LogP contribution in [0.2, 0.25) is 0 Å². The van der Waals surface area contributed by atoms with Gasteiger partial charge in [0.2, 0.25) is 5.82 Å². The average Bonchev–Trinajstić information content (AvgIpc) is 2.88. The molecular formula is C13H9F3N4O. The molecule has 108 valence electrons. The van der Waals surface area contributed by atoms with Gasteiger partial charge in [0.25, 0.3) is 6.43 Å². The first-order valence-electron chi connectivity index (χ1n) is 5.84. The maximum Gasteiger partial charge on any atom is 0.299 e. The number of carbonyl (C=O) groups excluding carboxylic acids is 1. The van der Waals surface area contributed by atoms with Crippen molar-refractivity contribution in [1.82, 2.24) is 14.8 Å². The molecule has 0 spiro atoms. The fourth-order valence-electron chi connectivity index (χ4n) is 1.80. The zero-order chi connectivity index (χ0) is 15.6. The van der Waals surface area contributed by atoms with E-state index >= 15 is 0 Å². The molecule has 0 amide bonds. The number of ketones is 1. The van der Waals surface area contributed by atoms with Crippen LogP contribution in [-0.2, 0) is 0 Å². The van der Waals surface area contributed by atoms with Crippen LogP contribution >= 0.6 is 0 Å². The van der Waals surface area contributed by atoms with Crippen molar-refractivity contribution >= 4 is 5.78 Å². The molecule has 0 aliphatic carbocycles. The lowest BCUT2D eigenvalue weighted by Gasteiger charge is -2.08. The van der Waals surface area contributed by atoms with Crippen LogP contribution in [0.3, 0.4) is 0 Å². The molecule has 0 unspecified atom stereocenters. The Morgan fingerprint density at radius 1 is 1.48 bits per heavy atom. The molecular weight excluding hydrogens is 285 g/mol. The van der Waals surface area contributed by atoms with Crippen LogP contribution in [0.1, 0.15) is 34.6 Å². The highest BCUT2D eigenvalue weighted by atomic mass is 19.3. The molecule has 0 saturated carbocycles. The van der Waals surface area contributed by atoms with Crippen molar-refractivity contribution in [3.8, 4) is 11.8 Å². The molecule has 2 aromatic rings. The number of Topliss-reactive ketones (excluding diaryl/α,β-unsaturated/α-hetero) is 1. The zero-order valence-corrected chi connectivity index (χ0v) is 10.8. The summed E-state index contributed by atoms with van der Waals surface area (Å²) < 4.78 is 39.6. The second-order valence-corrected chi connectivity index (χ2v) is 4.22. The van der Waals surface area contributed by atoms with Gasteiger partial charge in [-0.3, -0.25) is 4.79 Å². The summed E-state index contributed by atoms with van der Waals surface area (Å²) in [6.45, 7) is 1.52. The van der Waals surface area contributed by atoms with Gasteiger partial charge in [-0.05, 0) is 24.6 Å². The van der Waals surface area contributed by atoms with E-state index in [1.165, 1.54) is 13.0 Å². The third-order valence-corrected chi connectivity index (χ3v) is 2.79. The highest BCUT2D eigenvalue weighted by Gasteiger charge is 2.18. The summed E-state index contributed by atoms with van der Waals surface area (Å²) in [5.41, 5.74) is 0.314. The Labute approximate surface area is 117 Å². The molecule has 1 aromatic heterocycles. The first-order chi connectivity index (χ1) is 9.93. The number of carbonyl (C=O) groups is 1. The summed E-state index contributed by atoms with van der Waals surface area (Å²) >= 11 is 0. The summed E-state index contributed by atoms with van der Waals surface area (Å²) in [5, 5.41) is 12.0. The maximum atomic E-state index is 13.9. The van der Waals surface area contributed by atoms with Crippen molar-refractivity contribution in [2.75, 3.05) is 0 Å². The van der Waals surface area contributed by atoms with Gasteiger partial charge in [-0.15, -0.1) is 5.10 Å². The number of alkyl halides is 2. The SMILES string of the molecule is Cc1cc(F)c(-n2cnc(C(F)F)n2)cc1C(=O)CC#N. The fraction of sp³-hybridized carbons (Fsp3) is 0.231. The number of rotatable bonds is 4. The number of hydrogen-bond donors (Lipinski definition) is 0. The third kappa shape index (κ3) is 2.91. The number of nitriles is 1. The number of nitrogens with zero attached hydrogens (tertiary/aromatic N) is 4. The minimum atomic E-state index is -2.88. The van der Waals surface area contributed by atoms with Crippen LogP contribution < -0.4 is 0 Å². The Bertz CT molecular complexity index is 734. The van der Waals surface area contributed by atoms with Crippen molar-refractivity contribution in [1.29, 1.82) is 5.26 Å². The Balaban J connectivity index is 2.50. The summed E-state index contributed by atoms with van der Waals surface area (Å²) in [5.74, 6) is -1.95. The van der Waals surface area contributed by atoms with E-state index in [4.69, 9.17) is 5.26 Å². The Kier molecular flexibility index (Phi) is 4.03. The number of benzene rings is 1. The molecule has 0 bridgehead atoms. The Morgan fingerprint density at radius 3 is 2.76 bits per heavy atom. The lowest BCUT2D eigenvalue weighted by molar-refractivity contribution is 0.0997. The smallest absolute Gasteiger partial charge is 0.293 e. The van der Waals surface area contributed by atoms with E-state index < -0.39 is 23.9 Å². The summed E-state index contributed by atoms with van der Waals surface area (Å²) in [6, 6.07) is 3.97.